The quantitative estimate of drug-likeness (QED) is 0.0768. The first-order valence-electron chi connectivity index (χ1n) is 24.4. The third-order valence-electron chi connectivity index (χ3n) is 13.2. The summed E-state index contributed by atoms with van der Waals surface area (Å²) in [5, 5.41) is 8.31. The van der Waals surface area contributed by atoms with Gasteiger partial charge in [0.2, 0.25) is 0 Å². The van der Waals surface area contributed by atoms with Gasteiger partial charge in [-0.15, -0.1) is 0 Å². The van der Waals surface area contributed by atoms with Gasteiger partial charge in [-0.1, -0.05) is 184 Å². The van der Waals surface area contributed by atoms with Gasteiger partial charge >= 0.3 is 14.2 Å². The van der Waals surface area contributed by atoms with E-state index in [0.29, 0.717) is 47.3 Å². The third-order valence-corrected chi connectivity index (χ3v) is 13.2. The first-order valence-corrected chi connectivity index (χ1v) is 24.4. The zero-order valence-corrected chi connectivity index (χ0v) is 41.9. The van der Waals surface area contributed by atoms with Crippen molar-refractivity contribution in [3.8, 4) is 0 Å². The molecule has 0 aliphatic carbocycles. The van der Waals surface area contributed by atoms with Crippen molar-refractivity contribution in [1.29, 1.82) is 0 Å². The molecule has 2 heterocycles. The molecule has 8 heteroatoms. The number of hydrogen-bond donors (Lipinski definition) is 2. The predicted molar refractivity (Wildman–Crippen MR) is 279 cm³/mol. The fourth-order valence-electron chi connectivity index (χ4n) is 9.85. The van der Waals surface area contributed by atoms with E-state index >= 15 is 0 Å². The number of benzene rings is 4. The topological polar surface area (TPSA) is 37.0 Å². The van der Waals surface area contributed by atoms with Crippen molar-refractivity contribution in [1.82, 2.24) is 10.5 Å². The lowest BCUT2D eigenvalue weighted by Crippen LogP contribution is -2.58. The number of anilines is 4. The zero-order chi connectivity index (χ0) is 45.9. The minimum Gasteiger partial charge on any atom is -0.356 e. The molecule has 0 saturated carbocycles. The molecule has 0 amide bonds. The summed E-state index contributed by atoms with van der Waals surface area (Å²) >= 11 is 0. The summed E-state index contributed by atoms with van der Waals surface area (Å²) in [4.78, 5) is 10.2. The van der Waals surface area contributed by atoms with Crippen LogP contribution in [0.1, 0.15) is 209 Å². The van der Waals surface area contributed by atoms with E-state index in [9.17, 15) is 0 Å². The first kappa shape index (κ1) is 48.1. The Morgan fingerprint density at radius 2 is 0.492 bits per heavy atom. The van der Waals surface area contributed by atoms with Gasteiger partial charge < -0.3 is 29.7 Å². The monoisotopic (exact) mass is 847 g/mol. The van der Waals surface area contributed by atoms with Crippen molar-refractivity contribution >= 4 is 37.0 Å². The van der Waals surface area contributed by atoms with Gasteiger partial charge in [0.05, 0.1) is 0 Å². The van der Waals surface area contributed by atoms with Crippen molar-refractivity contribution < 1.29 is 0 Å². The molecule has 63 heavy (non-hydrogen) atoms. The smallest absolute Gasteiger partial charge is 0.356 e. The van der Waals surface area contributed by atoms with Crippen molar-refractivity contribution in [3.63, 3.8) is 0 Å². The van der Waals surface area contributed by atoms with Gasteiger partial charge in [-0.05, 0) is 111 Å². The molecule has 0 bridgehead atoms. The van der Waals surface area contributed by atoms with Crippen LogP contribution in [0.4, 0.5) is 22.7 Å². The summed E-state index contributed by atoms with van der Waals surface area (Å²) in [6.45, 7) is 39.0. The summed E-state index contributed by atoms with van der Waals surface area (Å²) in [5.41, 5.74) is 16.5. The predicted octanol–water partition coefficient (Wildman–Crippen LogP) is 14.5. The Morgan fingerprint density at radius 1 is 0.317 bits per heavy atom. The second kappa shape index (κ2) is 20.6. The van der Waals surface area contributed by atoms with Gasteiger partial charge in [-0.3, -0.25) is 0 Å². The summed E-state index contributed by atoms with van der Waals surface area (Å²) in [6.07, 6.45) is 10.3. The molecule has 0 atom stereocenters. The van der Waals surface area contributed by atoms with E-state index in [0.717, 1.165) is 19.5 Å². The number of hydrogen-bond acceptors (Lipinski definition) is 6. The van der Waals surface area contributed by atoms with Crippen molar-refractivity contribution in [2.45, 2.75) is 165 Å². The molecule has 0 radical (unpaired) electrons. The molecule has 0 saturated heterocycles. The van der Waals surface area contributed by atoms with Crippen LogP contribution in [0, 0.1) is 0 Å². The van der Waals surface area contributed by atoms with E-state index in [4.69, 9.17) is 0 Å². The molecule has 2 N–H and O–H groups in total. The number of nitrogens with one attached hydrogen (secondary N) is 2. The Labute approximate surface area is 384 Å². The molecule has 2 aliphatic heterocycles. The molecule has 0 aromatic heterocycles. The number of para-hydroxylation sites is 4. The normalized spacial score (nSPS) is 14.5. The molecular formula is C55H80B2N6. The average molecular weight is 847 g/mol. The second-order valence-corrected chi connectivity index (χ2v) is 20.6. The maximum absolute atomic E-state index is 4.16. The van der Waals surface area contributed by atoms with E-state index in [1.807, 2.05) is 0 Å². The molecule has 336 valence electrons. The third kappa shape index (κ3) is 9.98. The van der Waals surface area contributed by atoms with Crippen LogP contribution in [0.5, 0.6) is 0 Å². The Kier molecular flexibility index (Phi) is 15.7. The van der Waals surface area contributed by atoms with Gasteiger partial charge in [0.1, 0.15) is 0 Å². The minimum atomic E-state index is -0.0843. The summed E-state index contributed by atoms with van der Waals surface area (Å²) in [7, 11) is -0.169. The van der Waals surface area contributed by atoms with Crippen LogP contribution in [-0.2, 0) is 0 Å². The van der Waals surface area contributed by atoms with E-state index in [-0.39, 0.29) is 14.2 Å². The fraction of sp³-hybridized carbons (Fsp3) is 0.491. The number of nitrogens with zero attached hydrogens (tertiary/aromatic N) is 4. The number of rotatable bonds is 18. The van der Waals surface area contributed by atoms with Crippen molar-refractivity contribution in [2.75, 3.05) is 32.3 Å². The fourth-order valence-corrected chi connectivity index (χ4v) is 9.85. The van der Waals surface area contributed by atoms with Crippen LogP contribution in [0.2, 0.25) is 0 Å². The summed E-state index contributed by atoms with van der Waals surface area (Å²) < 4.78 is 0. The highest BCUT2D eigenvalue weighted by molar-refractivity contribution is 6.68. The molecule has 4 aromatic carbocycles. The van der Waals surface area contributed by atoms with Gasteiger partial charge in [0.15, 0.2) is 0 Å². The Morgan fingerprint density at radius 3 is 0.651 bits per heavy atom. The van der Waals surface area contributed by atoms with Crippen molar-refractivity contribution in [3.05, 3.63) is 142 Å². The van der Waals surface area contributed by atoms with Crippen molar-refractivity contribution in [2.24, 2.45) is 0 Å². The highest BCUT2D eigenvalue weighted by atomic mass is 15.3. The summed E-state index contributed by atoms with van der Waals surface area (Å²) in [6, 6.07) is 27.7. The molecule has 0 fully saturated rings. The van der Waals surface area contributed by atoms with E-state index in [2.05, 4.69) is 238 Å². The van der Waals surface area contributed by atoms with Gasteiger partial charge in [0.25, 0.3) is 0 Å². The molecule has 2 aliphatic rings. The second-order valence-electron chi connectivity index (χ2n) is 20.6. The van der Waals surface area contributed by atoms with Crippen LogP contribution in [-0.4, -0.2) is 27.3 Å². The lowest BCUT2D eigenvalue weighted by atomic mass is 9.80. The van der Waals surface area contributed by atoms with Gasteiger partial charge in [-0.25, -0.2) is 0 Å². The highest BCUT2D eigenvalue weighted by Crippen LogP contribution is 2.44. The molecule has 0 spiro atoms. The standard InChI is InChI=1S/C55H80B2N6/c1-36(2)44-22-17-23-45(37(3)4)52(44)60-32-33-61(53-46(38(5)6)24-18-25-47(53)39(7)8)56(60)58-30-21-31-59-57-62(54-48(40(9)10)26-19-27-49(54)41(11)12)34-35-63(57)55-50(42(13)14)28-20-29-51(55)43(15)16/h17-20,22-29,32-43,58-59H,21,30-31H2,1-16H3. The highest BCUT2D eigenvalue weighted by Gasteiger charge is 2.41. The van der Waals surface area contributed by atoms with Gasteiger partial charge in [0, 0.05) is 47.5 Å². The minimum absolute atomic E-state index is 0.0843. The van der Waals surface area contributed by atoms with E-state index in [1.54, 1.807) is 0 Å². The molecule has 6 rings (SSSR count). The molecule has 6 nitrogen and oxygen atoms in total. The lowest BCUT2D eigenvalue weighted by Gasteiger charge is -2.36. The molecule has 4 aromatic rings. The van der Waals surface area contributed by atoms with Crippen LogP contribution >= 0.6 is 0 Å². The summed E-state index contributed by atoms with van der Waals surface area (Å²) in [5.74, 6) is 3.11. The molecule has 0 unspecified atom stereocenters. The zero-order valence-electron chi connectivity index (χ0n) is 41.9. The Hall–Kier alpha value is -4.39. The maximum atomic E-state index is 4.16. The average Bonchev–Trinajstić information content (AvgIpc) is 3.85. The maximum Gasteiger partial charge on any atom is 0.476 e. The molecular weight excluding hydrogens is 766 g/mol. The van der Waals surface area contributed by atoms with E-state index < -0.39 is 0 Å². The Balaban J connectivity index is 1.37. The Bertz CT molecular complexity index is 1810. The lowest BCUT2D eigenvalue weighted by molar-refractivity contribution is 0.743. The SMILES string of the molecule is CC(C)c1cccc(C(C)C)c1N1C=CN(c2c(C(C)C)cccc2C(C)C)B1NCCCNB1N(c2c(C(C)C)cccc2C(C)C)C=CN1c1c(C(C)C)cccc1C(C)C. The van der Waals surface area contributed by atoms with Crippen LogP contribution in [0.3, 0.4) is 0 Å². The van der Waals surface area contributed by atoms with Crippen LogP contribution in [0.25, 0.3) is 0 Å². The van der Waals surface area contributed by atoms with Crippen LogP contribution < -0.4 is 29.7 Å². The van der Waals surface area contributed by atoms with Gasteiger partial charge in [-0.2, -0.15) is 0 Å². The first-order chi connectivity index (χ1) is 30.0. The largest absolute Gasteiger partial charge is 0.476 e. The van der Waals surface area contributed by atoms with E-state index in [1.165, 1.54) is 67.3 Å². The van der Waals surface area contributed by atoms with Crippen LogP contribution in [0.15, 0.2) is 97.6 Å².